The van der Waals surface area contributed by atoms with E-state index in [9.17, 15) is 36.6 Å². The van der Waals surface area contributed by atoms with E-state index in [-0.39, 0.29) is 11.3 Å². The van der Waals surface area contributed by atoms with Crippen LogP contribution in [0.4, 0.5) is 22.0 Å². The van der Waals surface area contributed by atoms with Gasteiger partial charge in [0.1, 0.15) is 5.69 Å². The van der Waals surface area contributed by atoms with Crippen molar-refractivity contribution in [1.82, 2.24) is 15.3 Å². The van der Waals surface area contributed by atoms with Gasteiger partial charge in [-0.1, -0.05) is 18.2 Å². The Kier molecular flexibility index (Phi) is 6.64. The van der Waals surface area contributed by atoms with Crippen LogP contribution in [0.3, 0.4) is 0 Å². The highest BCUT2D eigenvalue weighted by atomic mass is 19.4. The van der Waals surface area contributed by atoms with Crippen LogP contribution in [-0.4, -0.2) is 51.1 Å². The molecule has 1 aromatic heterocycles. The van der Waals surface area contributed by atoms with E-state index in [0.29, 0.717) is 5.56 Å². The number of hydrogen-bond acceptors (Lipinski definition) is 6. The first-order valence-corrected chi connectivity index (χ1v) is 10.1. The lowest BCUT2D eigenvalue weighted by Crippen LogP contribution is -2.55. The van der Waals surface area contributed by atoms with E-state index in [0.717, 1.165) is 24.4 Å². The molecule has 1 aliphatic carbocycles. The van der Waals surface area contributed by atoms with E-state index in [2.05, 4.69) is 15.3 Å². The molecular weight excluding hydrogens is 465 g/mol. The Balaban J connectivity index is 2.07. The van der Waals surface area contributed by atoms with E-state index in [1.807, 2.05) is 0 Å². The number of nitrogens with two attached hydrogens (primary N) is 2. The first-order chi connectivity index (χ1) is 15.7. The molecule has 34 heavy (non-hydrogen) atoms. The number of nitrogens with one attached hydrogen (secondary N) is 1. The number of primary amides is 1. The van der Waals surface area contributed by atoms with Crippen LogP contribution in [0.15, 0.2) is 36.8 Å². The third-order valence-corrected chi connectivity index (χ3v) is 6.00. The van der Waals surface area contributed by atoms with E-state index < -0.39 is 65.9 Å². The fourth-order valence-electron chi connectivity index (χ4n) is 4.05. The topological polar surface area (TPSA) is 144 Å². The van der Waals surface area contributed by atoms with Crippen LogP contribution in [0.1, 0.15) is 45.9 Å². The van der Waals surface area contributed by atoms with Gasteiger partial charge < -0.3 is 21.9 Å². The van der Waals surface area contributed by atoms with Gasteiger partial charge in [-0.25, -0.2) is 13.8 Å². The second-order valence-corrected chi connectivity index (χ2v) is 8.23. The van der Waals surface area contributed by atoms with Crippen LogP contribution in [0.25, 0.3) is 0 Å². The Morgan fingerprint density at radius 3 is 2.47 bits per heavy atom. The monoisotopic (exact) mass is 487 g/mol. The third kappa shape index (κ3) is 4.57. The van der Waals surface area contributed by atoms with Crippen LogP contribution in [0.5, 0.6) is 0 Å². The summed E-state index contributed by atoms with van der Waals surface area (Å²) >= 11 is 0. The van der Waals surface area contributed by atoms with Gasteiger partial charge >= 0.3 is 6.18 Å². The smallest absolute Gasteiger partial charge is 0.369 e. The van der Waals surface area contributed by atoms with Crippen LogP contribution in [0, 0.1) is 6.92 Å². The van der Waals surface area contributed by atoms with Crippen LogP contribution in [0.2, 0.25) is 0 Å². The number of carbonyl (C=O) groups is 2. The highest BCUT2D eigenvalue weighted by Crippen LogP contribution is 2.45. The van der Waals surface area contributed by atoms with E-state index >= 15 is 0 Å². The number of hydrogen-bond donors (Lipinski definition) is 4. The summed E-state index contributed by atoms with van der Waals surface area (Å²) < 4.78 is 69.9. The van der Waals surface area contributed by atoms with Gasteiger partial charge in [0.05, 0.1) is 12.2 Å². The maximum absolute atomic E-state index is 14.6. The van der Waals surface area contributed by atoms with Crippen molar-refractivity contribution in [3.8, 4) is 0 Å². The predicted molar refractivity (Wildman–Crippen MR) is 109 cm³/mol. The number of aliphatic hydroxyl groups is 1. The standard InChI is InChI=1S/C21H22F5N5O3/c1-10-2-3-11(20(34,18(28)33)21(24,25)26)6-12(10)13-8-19(22,23)16(27)7-14(13)31-17(32)15-9-29-4-5-30-15/h2-6,9,13-14,16,34H,7-8,27H2,1H3,(H2,28,33)(H,31,32). The highest BCUT2D eigenvalue weighted by molar-refractivity contribution is 5.92. The average molecular weight is 487 g/mol. The molecule has 0 spiro atoms. The molecular formula is C21H22F5N5O3. The second kappa shape index (κ2) is 8.87. The minimum atomic E-state index is -5.47. The molecule has 13 heteroatoms. The first kappa shape index (κ1) is 25.4. The Bertz CT molecular complexity index is 1080. The number of benzene rings is 1. The molecule has 2 aromatic rings. The van der Waals surface area contributed by atoms with Crippen molar-refractivity contribution in [2.75, 3.05) is 0 Å². The van der Waals surface area contributed by atoms with Crippen molar-refractivity contribution < 1.29 is 36.6 Å². The maximum Gasteiger partial charge on any atom is 0.430 e. The summed E-state index contributed by atoms with van der Waals surface area (Å²) in [6.07, 6.45) is -3.03. The van der Waals surface area contributed by atoms with Gasteiger partial charge in [-0.05, 0) is 24.5 Å². The zero-order valence-electron chi connectivity index (χ0n) is 17.8. The number of aryl methyl sites for hydroxylation is 1. The zero-order chi connectivity index (χ0) is 25.5. The number of alkyl halides is 5. The fraction of sp³-hybridized carbons (Fsp3) is 0.429. The molecule has 0 aliphatic heterocycles. The van der Waals surface area contributed by atoms with Gasteiger partial charge in [-0.15, -0.1) is 0 Å². The second-order valence-electron chi connectivity index (χ2n) is 8.23. The summed E-state index contributed by atoms with van der Waals surface area (Å²) in [5.74, 6) is -7.41. The molecule has 1 saturated carbocycles. The Morgan fingerprint density at radius 1 is 1.24 bits per heavy atom. The minimum absolute atomic E-state index is 0.0301. The number of nitrogens with zero attached hydrogens (tertiary/aromatic N) is 2. The molecule has 4 unspecified atom stereocenters. The van der Waals surface area contributed by atoms with Crippen molar-refractivity contribution >= 4 is 11.8 Å². The maximum atomic E-state index is 14.6. The van der Waals surface area contributed by atoms with Crippen LogP contribution >= 0.6 is 0 Å². The normalized spacial score (nSPS) is 24.2. The quantitative estimate of drug-likeness (QED) is 0.472. The molecule has 1 heterocycles. The average Bonchev–Trinajstić information content (AvgIpc) is 2.75. The molecule has 0 bridgehead atoms. The van der Waals surface area contributed by atoms with Crippen molar-refractivity contribution in [2.45, 2.75) is 55.5 Å². The molecule has 6 N–H and O–H groups in total. The molecule has 3 rings (SSSR count). The van der Waals surface area contributed by atoms with E-state index in [1.54, 1.807) is 0 Å². The molecule has 0 radical (unpaired) electrons. The predicted octanol–water partition coefficient (Wildman–Crippen LogP) is 1.66. The molecule has 8 nitrogen and oxygen atoms in total. The molecule has 4 atom stereocenters. The van der Waals surface area contributed by atoms with Crippen molar-refractivity contribution in [3.05, 3.63) is 59.2 Å². The molecule has 184 valence electrons. The third-order valence-electron chi connectivity index (χ3n) is 6.00. The van der Waals surface area contributed by atoms with Crippen LogP contribution in [-0.2, 0) is 10.4 Å². The summed E-state index contributed by atoms with van der Waals surface area (Å²) in [5, 5.41) is 12.7. The molecule has 0 saturated heterocycles. The first-order valence-electron chi connectivity index (χ1n) is 10.1. The summed E-state index contributed by atoms with van der Waals surface area (Å²) in [6.45, 7) is 1.46. The molecule has 1 aromatic carbocycles. The summed E-state index contributed by atoms with van der Waals surface area (Å²) in [5.41, 5.74) is 5.68. The van der Waals surface area contributed by atoms with Gasteiger partial charge in [0, 0.05) is 36.3 Å². The summed E-state index contributed by atoms with van der Waals surface area (Å²) in [7, 11) is 0. The van der Waals surface area contributed by atoms with Gasteiger partial charge in [-0.3, -0.25) is 14.6 Å². The minimum Gasteiger partial charge on any atom is -0.369 e. The van der Waals surface area contributed by atoms with Gasteiger partial charge in [0.2, 0.25) is 0 Å². The Labute approximate surface area is 190 Å². The lowest BCUT2D eigenvalue weighted by atomic mass is 9.73. The highest BCUT2D eigenvalue weighted by Gasteiger charge is 2.60. The van der Waals surface area contributed by atoms with E-state index in [1.165, 1.54) is 19.3 Å². The lowest BCUT2D eigenvalue weighted by molar-refractivity contribution is -0.255. The van der Waals surface area contributed by atoms with Crippen molar-refractivity contribution in [2.24, 2.45) is 11.5 Å². The van der Waals surface area contributed by atoms with Gasteiger partial charge in [0.15, 0.2) is 0 Å². The molecule has 1 aliphatic rings. The largest absolute Gasteiger partial charge is 0.430 e. The number of carbonyl (C=O) groups excluding carboxylic acids is 2. The number of aromatic nitrogens is 2. The van der Waals surface area contributed by atoms with E-state index in [4.69, 9.17) is 11.5 Å². The number of rotatable bonds is 5. The number of amides is 2. The molecule has 1 fully saturated rings. The van der Waals surface area contributed by atoms with Crippen LogP contribution < -0.4 is 16.8 Å². The SMILES string of the molecule is Cc1ccc(C(O)(C(N)=O)C(F)(F)F)cc1C1CC(F)(F)C(N)CC1NC(=O)c1cnccn1. The van der Waals surface area contributed by atoms with Gasteiger partial charge in [0.25, 0.3) is 23.3 Å². The number of halogens is 5. The zero-order valence-corrected chi connectivity index (χ0v) is 17.8. The summed E-state index contributed by atoms with van der Waals surface area (Å²) in [4.78, 5) is 31.8. The Morgan fingerprint density at radius 2 is 1.91 bits per heavy atom. The van der Waals surface area contributed by atoms with Crippen molar-refractivity contribution in [3.63, 3.8) is 0 Å². The fourth-order valence-corrected chi connectivity index (χ4v) is 4.05. The Hall–Kier alpha value is -3.19. The van der Waals surface area contributed by atoms with Gasteiger partial charge in [-0.2, -0.15) is 13.2 Å². The lowest BCUT2D eigenvalue weighted by Gasteiger charge is -2.41. The van der Waals surface area contributed by atoms with Crippen molar-refractivity contribution in [1.29, 1.82) is 0 Å². The molecule has 2 amide bonds. The summed E-state index contributed by atoms with van der Waals surface area (Å²) in [6, 6.07) is 0.157.